The lowest BCUT2D eigenvalue weighted by atomic mass is 10.1. The molecule has 0 aromatic heterocycles. The molecule has 176 valence electrons. The number of hydrogen-bond donors (Lipinski definition) is 2. The summed E-state index contributed by atoms with van der Waals surface area (Å²) >= 11 is 0. The third kappa shape index (κ3) is 6.71. The van der Waals surface area contributed by atoms with Crippen LogP contribution >= 0.6 is 0 Å². The van der Waals surface area contributed by atoms with Crippen LogP contribution in [0.5, 0.6) is 5.75 Å². The second-order valence-corrected chi connectivity index (χ2v) is 8.63. The van der Waals surface area contributed by atoms with Crippen LogP contribution in [0.1, 0.15) is 48.9 Å². The minimum Gasteiger partial charge on any atom is -0.489 e. The maximum absolute atomic E-state index is 12.9. The molecule has 2 fully saturated rings. The van der Waals surface area contributed by atoms with Crippen LogP contribution in [0.2, 0.25) is 0 Å². The van der Waals surface area contributed by atoms with E-state index in [1.54, 1.807) is 12.1 Å². The molecule has 2 aliphatic heterocycles. The van der Waals surface area contributed by atoms with Crippen LogP contribution in [0.15, 0.2) is 48.5 Å². The van der Waals surface area contributed by atoms with Gasteiger partial charge in [-0.3, -0.25) is 9.59 Å². The van der Waals surface area contributed by atoms with E-state index in [0.717, 1.165) is 51.1 Å². The van der Waals surface area contributed by atoms with Gasteiger partial charge in [0.1, 0.15) is 12.4 Å². The average molecular weight is 452 g/mol. The molecule has 1 unspecified atom stereocenters. The number of hydrogen-bond acceptors (Lipinski definition) is 5. The molecule has 0 saturated carbocycles. The Bertz CT molecular complexity index is 935. The van der Waals surface area contributed by atoms with Gasteiger partial charge in [0, 0.05) is 30.9 Å². The zero-order valence-electron chi connectivity index (χ0n) is 19.1. The molecule has 33 heavy (non-hydrogen) atoms. The molecule has 0 spiro atoms. The Labute approximate surface area is 195 Å². The van der Waals surface area contributed by atoms with Gasteiger partial charge < -0.3 is 25.0 Å². The lowest BCUT2D eigenvalue weighted by Crippen LogP contribution is -2.31. The van der Waals surface area contributed by atoms with Crippen molar-refractivity contribution < 1.29 is 19.1 Å². The van der Waals surface area contributed by atoms with Crippen molar-refractivity contribution in [1.82, 2.24) is 4.90 Å². The van der Waals surface area contributed by atoms with Gasteiger partial charge in [-0.1, -0.05) is 31.0 Å². The SMILES string of the molecule is O=C(CNc1ccccc1OCC1CCCO1)Nc1cccc(C(=O)N2CCCCCC2)c1. The van der Waals surface area contributed by atoms with E-state index in [4.69, 9.17) is 9.47 Å². The first-order chi connectivity index (χ1) is 16.2. The van der Waals surface area contributed by atoms with Crippen LogP contribution in [0.3, 0.4) is 0 Å². The van der Waals surface area contributed by atoms with Gasteiger partial charge in [0.2, 0.25) is 5.91 Å². The first kappa shape index (κ1) is 23.1. The van der Waals surface area contributed by atoms with Crippen molar-refractivity contribution in [3.63, 3.8) is 0 Å². The highest BCUT2D eigenvalue weighted by Crippen LogP contribution is 2.25. The van der Waals surface area contributed by atoms with Crippen LogP contribution < -0.4 is 15.4 Å². The number of benzene rings is 2. The standard InChI is InChI=1S/C26H33N3O4/c30-25(18-27-23-12-3-4-13-24(23)33-19-22-11-8-16-32-22)28-21-10-7-9-20(17-21)26(31)29-14-5-1-2-6-15-29/h3-4,7,9-10,12-13,17,22,27H,1-2,5-6,8,11,14-16,18-19H2,(H,28,30). The fourth-order valence-corrected chi connectivity index (χ4v) is 4.26. The van der Waals surface area contributed by atoms with E-state index in [0.29, 0.717) is 23.6 Å². The summed E-state index contributed by atoms with van der Waals surface area (Å²) in [4.78, 5) is 27.4. The van der Waals surface area contributed by atoms with Gasteiger partial charge in [-0.25, -0.2) is 0 Å². The smallest absolute Gasteiger partial charge is 0.253 e. The largest absolute Gasteiger partial charge is 0.489 e. The molecule has 2 amide bonds. The number of amides is 2. The number of likely N-dealkylation sites (tertiary alicyclic amines) is 1. The van der Waals surface area contributed by atoms with E-state index < -0.39 is 0 Å². The molecule has 2 N–H and O–H groups in total. The number of para-hydroxylation sites is 2. The predicted octanol–water partition coefficient (Wildman–Crippen LogP) is 4.31. The Balaban J connectivity index is 1.30. The van der Waals surface area contributed by atoms with E-state index >= 15 is 0 Å². The van der Waals surface area contributed by atoms with Gasteiger partial charge in [0.15, 0.2) is 0 Å². The van der Waals surface area contributed by atoms with Crippen molar-refractivity contribution in [3.8, 4) is 5.75 Å². The summed E-state index contributed by atoms with van der Waals surface area (Å²) in [6.45, 7) is 2.98. The summed E-state index contributed by atoms with van der Waals surface area (Å²) in [5.74, 6) is 0.539. The molecular formula is C26H33N3O4. The topological polar surface area (TPSA) is 79.9 Å². The van der Waals surface area contributed by atoms with E-state index in [1.807, 2.05) is 41.3 Å². The summed E-state index contributed by atoms with van der Waals surface area (Å²) in [5.41, 5.74) is 1.98. The van der Waals surface area contributed by atoms with Crippen LogP contribution in [-0.2, 0) is 9.53 Å². The fraction of sp³-hybridized carbons (Fsp3) is 0.462. The zero-order valence-corrected chi connectivity index (χ0v) is 19.1. The second-order valence-electron chi connectivity index (χ2n) is 8.63. The first-order valence-corrected chi connectivity index (χ1v) is 12.0. The zero-order chi connectivity index (χ0) is 22.9. The van der Waals surface area contributed by atoms with Gasteiger partial charge in [-0.05, 0) is 56.0 Å². The van der Waals surface area contributed by atoms with E-state index in [9.17, 15) is 9.59 Å². The molecule has 1 atom stereocenters. The number of rotatable bonds is 8. The molecule has 2 aromatic carbocycles. The molecule has 2 aliphatic rings. The highest BCUT2D eigenvalue weighted by Gasteiger charge is 2.18. The average Bonchev–Trinajstić information content (AvgIpc) is 3.22. The van der Waals surface area contributed by atoms with Gasteiger partial charge in [-0.15, -0.1) is 0 Å². The Morgan fingerprint density at radius 1 is 1.00 bits per heavy atom. The van der Waals surface area contributed by atoms with Crippen molar-refractivity contribution in [2.24, 2.45) is 0 Å². The molecule has 2 heterocycles. The molecule has 4 rings (SSSR count). The van der Waals surface area contributed by atoms with Crippen LogP contribution in [0, 0.1) is 0 Å². The molecule has 7 heteroatoms. The van der Waals surface area contributed by atoms with E-state index in [2.05, 4.69) is 10.6 Å². The number of carbonyl (C=O) groups excluding carboxylic acids is 2. The van der Waals surface area contributed by atoms with Crippen molar-refractivity contribution >= 4 is 23.2 Å². The molecule has 0 aliphatic carbocycles. The number of nitrogens with zero attached hydrogens (tertiary/aromatic N) is 1. The van der Waals surface area contributed by atoms with Crippen molar-refractivity contribution in [3.05, 3.63) is 54.1 Å². The quantitative estimate of drug-likeness (QED) is 0.625. The summed E-state index contributed by atoms with van der Waals surface area (Å²) in [6, 6.07) is 14.7. The van der Waals surface area contributed by atoms with Crippen LogP contribution in [0.25, 0.3) is 0 Å². The molecule has 2 saturated heterocycles. The first-order valence-electron chi connectivity index (χ1n) is 12.0. The Morgan fingerprint density at radius 2 is 1.82 bits per heavy atom. The van der Waals surface area contributed by atoms with Crippen molar-refractivity contribution in [2.75, 3.05) is 43.5 Å². The Kier molecular flexibility index (Phi) is 8.19. The van der Waals surface area contributed by atoms with Crippen LogP contribution in [-0.4, -0.2) is 55.7 Å². The number of anilines is 2. The maximum Gasteiger partial charge on any atom is 0.253 e. The molecule has 0 bridgehead atoms. The highest BCUT2D eigenvalue weighted by atomic mass is 16.5. The minimum atomic E-state index is -0.191. The van der Waals surface area contributed by atoms with E-state index in [-0.39, 0.29) is 24.5 Å². The highest BCUT2D eigenvalue weighted by molar-refractivity contribution is 5.98. The molecular weight excluding hydrogens is 418 g/mol. The van der Waals surface area contributed by atoms with Gasteiger partial charge in [0.25, 0.3) is 5.91 Å². The summed E-state index contributed by atoms with van der Waals surface area (Å²) in [7, 11) is 0. The number of nitrogens with one attached hydrogen (secondary N) is 2. The van der Waals surface area contributed by atoms with Gasteiger partial charge in [-0.2, -0.15) is 0 Å². The second kappa shape index (κ2) is 11.7. The van der Waals surface area contributed by atoms with Gasteiger partial charge >= 0.3 is 0 Å². The normalized spacial score (nSPS) is 18.4. The fourth-order valence-electron chi connectivity index (χ4n) is 4.26. The lowest BCUT2D eigenvalue weighted by molar-refractivity contribution is -0.114. The van der Waals surface area contributed by atoms with Crippen molar-refractivity contribution in [2.45, 2.75) is 44.6 Å². The number of ether oxygens (including phenoxy) is 2. The van der Waals surface area contributed by atoms with Crippen molar-refractivity contribution in [1.29, 1.82) is 0 Å². The third-order valence-electron chi connectivity index (χ3n) is 6.06. The monoisotopic (exact) mass is 451 g/mol. The minimum absolute atomic E-state index is 0.0310. The predicted molar refractivity (Wildman–Crippen MR) is 129 cm³/mol. The lowest BCUT2D eigenvalue weighted by Gasteiger charge is -2.20. The molecule has 2 aromatic rings. The molecule has 7 nitrogen and oxygen atoms in total. The van der Waals surface area contributed by atoms with Crippen LogP contribution in [0.4, 0.5) is 11.4 Å². The summed E-state index contributed by atoms with van der Waals surface area (Å²) in [6.07, 6.45) is 6.66. The third-order valence-corrected chi connectivity index (χ3v) is 6.06. The summed E-state index contributed by atoms with van der Waals surface area (Å²) < 4.78 is 11.5. The maximum atomic E-state index is 12.9. The Hall–Kier alpha value is -3.06. The molecule has 0 radical (unpaired) electrons. The van der Waals surface area contributed by atoms with E-state index in [1.165, 1.54) is 12.8 Å². The van der Waals surface area contributed by atoms with Gasteiger partial charge in [0.05, 0.1) is 18.3 Å². The Morgan fingerprint density at radius 3 is 2.61 bits per heavy atom. The number of carbonyl (C=O) groups is 2. The summed E-state index contributed by atoms with van der Waals surface area (Å²) in [5, 5.41) is 6.04.